The number of nitriles is 1. The highest BCUT2D eigenvalue weighted by Crippen LogP contribution is 2.31. The van der Waals surface area contributed by atoms with Crippen molar-refractivity contribution in [1.29, 1.82) is 5.26 Å². The molecule has 0 N–H and O–H groups in total. The topological polar surface area (TPSA) is 52.8 Å². The standard InChI is InChI=1S/C15H22N4/c1-3-4-12-5-7-14(8-6-12)19(2)15-11-17-13(9-16)10-18-15/h10-12,14H,3-8H2,1-2H3. The van der Waals surface area contributed by atoms with E-state index < -0.39 is 0 Å². The van der Waals surface area contributed by atoms with E-state index in [-0.39, 0.29) is 0 Å². The van der Waals surface area contributed by atoms with E-state index in [0.29, 0.717) is 11.7 Å². The Morgan fingerprint density at radius 3 is 2.53 bits per heavy atom. The third-order valence-electron chi connectivity index (χ3n) is 4.18. The van der Waals surface area contributed by atoms with Crippen LogP contribution in [0, 0.1) is 17.2 Å². The molecule has 0 atom stereocenters. The van der Waals surface area contributed by atoms with Crippen molar-refractivity contribution in [1.82, 2.24) is 9.97 Å². The Balaban J connectivity index is 1.93. The van der Waals surface area contributed by atoms with Gasteiger partial charge in [-0.05, 0) is 31.6 Å². The summed E-state index contributed by atoms with van der Waals surface area (Å²) in [5, 5.41) is 8.73. The molecule has 1 aliphatic carbocycles. The molecule has 0 unspecified atom stereocenters. The van der Waals surface area contributed by atoms with Gasteiger partial charge in [0.25, 0.3) is 0 Å². The second kappa shape index (κ2) is 6.51. The van der Waals surface area contributed by atoms with Gasteiger partial charge < -0.3 is 4.90 Å². The van der Waals surface area contributed by atoms with Crippen molar-refractivity contribution in [2.45, 2.75) is 51.5 Å². The lowest BCUT2D eigenvalue weighted by Gasteiger charge is -2.35. The second-order valence-electron chi connectivity index (χ2n) is 5.45. The minimum Gasteiger partial charge on any atom is -0.355 e. The normalized spacial score (nSPS) is 22.8. The molecule has 0 spiro atoms. The van der Waals surface area contributed by atoms with Crippen molar-refractivity contribution in [3.05, 3.63) is 18.1 Å². The van der Waals surface area contributed by atoms with E-state index >= 15 is 0 Å². The van der Waals surface area contributed by atoms with E-state index in [4.69, 9.17) is 5.26 Å². The van der Waals surface area contributed by atoms with Gasteiger partial charge in [0.2, 0.25) is 0 Å². The average molecular weight is 258 g/mol. The van der Waals surface area contributed by atoms with Crippen LogP contribution in [0.1, 0.15) is 51.1 Å². The SMILES string of the molecule is CCCC1CCC(N(C)c2cnc(C#N)cn2)CC1. The monoisotopic (exact) mass is 258 g/mol. The van der Waals surface area contributed by atoms with E-state index in [2.05, 4.69) is 28.8 Å². The third kappa shape index (κ3) is 3.44. The molecule has 1 aliphatic rings. The van der Waals surface area contributed by atoms with E-state index in [1.54, 1.807) is 12.4 Å². The van der Waals surface area contributed by atoms with Gasteiger partial charge in [-0.3, -0.25) is 0 Å². The molecule has 19 heavy (non-hydrogen) atoms. The number of hydrogen-bond acceptors (Lipinski definition) is 4. The predicted octanol–water partition coefficient (Wildman–Crippen LogP) is 3.14. The van der Waals surface area contributed by atoms with Crippen molar-refractivity contribution in [2.24, 2.45) is 5.92 Å². The van der Waals surface area contributed by atoms with Gasteiger partial charge in [-0.25, -0.2) is 9.97 Å². The largest absolute Gasteiger partial charge is 0.355 e. The number of nitrogens with zero attached hydrogens (tertiary/aromatic N) is 4. The average Bonchev–Trinajstić information content (AvgIpc) is 2.48. The summed E-state index contributed by atoms with van der Waals surface area (Å²) in [5.41, 5.74) is 0.379. The Bertz CT molecular complexity index is 426. The third-order valence-corrected chi connectivity index (χ3v) is 4.18. The summed E-state index contributed by atoms with van der Waals surface area (Å²) in [6.07, 6.45) is 11.1. The van der Waals surface area contributed by atoms with Crippen LogP contribution in [0.5, 0.6) is 0 Å². The molecule has 4 heteroatoms. The van der Waals surface area contributed by atoms with E-state index in [9.17, 15) is 0 Å². The fourth-order valence-electron chi connectivity index (χ4n) is 2.98. The number of anilines is 1. The van der Waals surface area contributed by atoms with Crippen LogP contribution >= 0.6 is 0 Å². The summed E-state index contributed by atoms with van der Waals surface area (Å²) in [5.74, 6) is 1.79. The fraction of sp³-hybridized carbons (Fsp3) is 0.667. The molecule has 0 aliphatic heterocycles. The minimum atomic E-state index is 0.379. The van der Waals surface area contributed by atoms with Crippen molar-refractivity contribution in [2.75, 3.05) is 11.9 Å². The number of aromatic nitrogens is 2. The zero-order valence-electron chi connectivity index (χ0n) is 11.8. The summed E-state index contributed by atoms with van der Waals surface area (Å²) in [4.78, 5) is 10.6. The summed E-state index contributed by atoms with van der Waals surface area (Å²) in [6.45, 7) is 2.27. The zero-order valence-corrected chi connectivity index (χ0v) is 11.8. The van der Waals surface area contributed by atoms with Crippen LogP contribution in [0.3, 0.4) is 0 Å². The molecule has 1 fully saturated rings. The summed E-state index contributed by atoms with van der Waals surface area (Å²) < 4.78 is 0. The Morgan fingerprint density at radius 1 is 1.26 bits per heavy atom. The molecule has 2 rings (SSSR count). The van der Waals surface area contributed by atoms with Crippen molar-refractivity contribution >= 4 is 5.82 Å². The molecular formula is C15H22N4. The Morgan fingerprint density at radius 2 is 2.00 bits per heavy atom. The first kappa shape index (κ1) is 13.8. The van der Waals surface area contributed by atoms with Gasteiger partial charge in [0.1, 0.15) is 11.9 Å². The van der Waals surface area contributed by atoms with Gasteiger partial charge in [0, 0.05) is 13.1 Å². The van der Waals surface area contributed by atoms with E-state index in [1.165, 1.54) is 38.5 Å². The summed E-state index contributed by atoms with van der Waals surface area (Å²) in [7, 11) is 2.08. The maximum atomic E-state index is 8.73. The maximum absolute atomic E-state index is 8.73. The molecule has 1 aromatic rings. The van der Waals surface area contributed by atoms with Gasteiger partial charge in [-0.2, -0.15) is 5.26 Å². The zero-order chi connectivity index (χ0) is 13.7. The molecule has 1 aromatic heterocycles. The van der Waals surface area contributed by atoms with Crippen LogP contribution in [0.15, 0.2) is 12.4 Å². The minimum absolute atomic E-state index is 0.379. The first-order valence-corrected chi connectivity index (χ1v) is 7.19. The molecule has 0 amide bonds. The molecule has 0 radical (unpaired) electrons. The molecule has 4 nitrogen and oxygen atoms in total. The highest BCUT2D eigenvalue weighted by atomic mass is 15.2. The Hall–Kier alpha value is -1.63. The van der Waals surface area contributed by atoms with Gasteiger partial charge in [0.05, 0.1) is 12.4 Å². The molecule has 0 saturated heterocycles. The molecule has 0 aromatic carbocycles. The molecular weight excluding hydrogens is 236 g/mol. The van der Waals surface area contributed by atoms with Crippen molar-refractivity contribution in [3.63, 3.8) is 0 Å². The number of rotatable bonds is 4. The quantitative estimate of drug-likeness (QED) is 0.832. The van der Waals surface area contributed by atoms with Crippen LogP contribution in [0.2, 0.25) is 0 Å². The smallest absolute Gasteiger partial charge is 0.158 e. The summed E-state index contributed by atoms with van der Waals surface area (Å²) >= 11 is 0. The lowest BCUT2D eigenvalue weighted by atomic mass is 9.83. The summed E-state index contributed by atoms with van der Waals surface area (Å²) in [6, 6.07) is 2.57. The Labute approximate surface area is 115 Å². The Kier molecular flexibility index (Phi) is 4.73. The van der Waals surface area contributed by atoms with Gasteiger partial charge in [-0.15, -0.1) is 0 Å². The van der Waals surface area contributed by atoms with Crippen LogP contribution in [0.4, 0.5) is 5.82 Å². The van der Waals surface area contributed by atoms with Gasteiger partial charge in [-0.1, -0.05) is 19.8 Å². The lowest BCUT2D eigenvalue weighted by Crippen LogP contribution is -2.35. The highest BCUT2D eigenvalue weighted by Gasteiger charge is 2.24. The predicted molar refractivity (Wildman–Crippen MR) is 75.8 cm³/mol. The maximum Gasteiger partial charge on any atom is 0.158 e. The van der Waals surface area contributed by atoms with Crippen molar-refractivity contribution in [3.8, 4) is 6.07 Å². The van der Waals surface area contributed by atoms with Crippen LogP contribution in [-0.2, 0) is 0 Å². The first-order chi connectivity index (χ1) is 9.24. The second-order valence-corrected chi connectivity index (χ2v) is 5.45. The van der Waals surface area contributed by atoms with Crippen LogP contribution in [0.25, 0.3) is 0 Å². The molecule has 1 heterocycles. The molecule has 0 bridgehead atoms. The van der Waals surface area contributed by atoms with Crippen molar-refractivity contribution < 1.29 is 0 Å². The number of hydrogen-bond donors (Lipinski definition) is 0. The first-order valence-electron chi connectivity index (χ1n) is 7.19. The molecule has 102 valence electrons. The van der Waals surface area contributed by atoms with Gasteiger partial charge >= 0.3 is 0 Å². The van der Waals surface area contributed by atoms with E-state index in [1.807, 2.05) is 6.07 Å². The van der Waals surface area contributed by atoms with E-state index in [0.717, 1.165) is 11.7 Å². The van der Waals surface area contributed by atoms with Crippen LogP contribution in [-0.4, -0.2) is 23.1 Å². The van der Waals surface area contributed by atoms with Gasteiger partial charge in [0.15, 0.2) is 5.69 Å². The lowest BCUT2D eigenvalue weighted by molar-refractivity contribution is 0.303. The highest BCUT2D eigenvalue weighted by molar-refractivity contribution is 5.37. The molecule has 1 saturated carbocycles. The van der Waals surface area contributed by atoms with Crippen LogP contribution < -0.4 is 4.90 Å². The fourth-order valence-corrected chi connectivity index (χ4v) is 2.98.